The van der Waals surface area contributed by atoms with E-state index in [9.17, 15) is 13.2 Å². The molecule has 0 saturated heterocycles. The molecule has 0 atom stereocenters. The van der Waals surface area contributed by atoms with Crippen molar-refractivity contribution in [3.63, 3.8) is 0 Å². The summed E-state index contributed by atoms with van der Waals surface area (Å²) in [5.74, 6) is -0.378. The molecule has 0 saturated carbocycles. The maximum Gasteiger partial charge on any atom is 0.255 e. The summed E-state index contributed by atoms with van der Waals surface area (Å²) < 4.78 is 25.7. The number of nitrogens with zero attached hydrogens (tertiary/aromatic N) is 2. The van der Waals surface area contributed by atoms with Crippen LogP contribution in [0.5, 0.6) is 0 Å². The number of aryl methyl sites for hydroxylation is 2. The Kier molecular flexibility index (Phi) is 4.99. The first-order valence-corrected chi connectivity index (χ1v) is 9.84. The van der Waals surface area contributed by atoms with E-state index in [-0.39, 0.29) is 16.4 Å². The number of anilines is 1. The van der Waals surface area contributed by atoms with Crippen molar-refractivity contribution in [1.29, 1.82) is 0 Å². The first-order chi connectivity index (χ1) is 12.7. The van der Waals surface area contributed by atoms with Crippen LogP contribution >= 0.6 is 0 Å². The summed E-state index contributed by atoms with van der Waals surface area (Å²) in [5.41, 5.74) is 3.92. The first-order valence-electron chi connectivity index (χ1n) is 8.40. The van der Waals surface area contributed by atoms with Crippen molar-refractivity contribution in [2.75, 3.05) is 19.4 Å². The number of amides is 1. The molecule has 6 nitrogen and oxygen atoms in total. The van der Waals surface area contributed by atoms with Crippen LogP contribution < -0.4 is 5.32 Å². The maximum atomic E-state index is 12.7. The van der Waals surface area contributed by atoms with Gasteiger partial charge in [0.25, 0.3) is 5.91 Å². The van der Waals surface area contributed by atoms with E-state index in [2.05, 4.69) is 10.3 Å². The quantitative estimate of drug-likeness (QED) is 0.749. The van der Waals surface area contributed by atoms with Crippen LogP contribution in [-0.2, 0) is 10.0 Å². The molecule has 0 spiro atoms. The minimum absolute atomic E-state index is 0.0752. The van der Waals surface area contributed by atoms with Crippen molar-refractivity contribution in [2.45, 2.75) is 18.7 Å². The molecule has 1 aromatic heterocycles. The van der Waals surface area contributed by atoms with Crippen LogP contribution in [-0.4, -0.2) is 37.7 Å². The van der Waals surface area contributed by atoms with Crippen LogP contribution in [0.25, 0.3) is 10.9 Å². The monoisotopic (exact) mass is 383 g/mol. The predicted octanol–water partition coefficient (Wildman–Crippen LogP) is 3.35. The standard InChI is InChI=1S/C20H21N3O3S/c1-13-8-9-17-18(10-11-21-19(17)14(13)2)22-20(24)15-6-5-7-16(12-15)27(25,26)23(3)4/h5-12H,1-4H3,(H,21,22,24). The summed E-state index contributed by atoms with van der Waals surface area (Å²) >= 11 is 0. The second kappa shape index (κ2) is 7.09. The molecule has 140 valence electrons. The summed E-state index contributed by atoms with van der Waals surface area (Å²) in [6, 6.07) is 11.6. The van der Waals surface area contributed by atoms with E-state index in [4.69, 9.17) is 0 Å². The van der Waals surface area contributed by atoms with E-state index in [0.717, 1.165) is 26.3 Å². The molecule has 1 N–H and O–H groups in total. The van der Waals surface area contributed by atoms with Gasteiger partial charge >= 0.3 is 0 Å². The number of pyridine rings is 1. The number of sulfonamides is 1. The fraction of sp³-hybridized carbons (Fsp3) is 0.200. The zero-order valence-electron chi connectivity index (χ0n) is 15.6. The summed E-state index contributed by atoms with van der Waals surface area (Å²) in [6.07, 6.45) is 1.65. The fourth-order valence-corrected chi connectivity index (χ4v) is 3.72. The normalized spacial score (nSPS) is 11.7. The number of fused-ring (bicyclic) bond motifs is 1. The van der Waals surface area contributed by atoms with Gasteiger partial charge in [0.15, 0.2) is 0 Å². The summed E-state index contributed by atoms with van der Waals surface area (Å²) in [6.45, 7) is 4.00. The van der Waals surface area contributed by atoms with Crippen molar-refractivity contribution in [3.8, 4) is 0 Å². The number of hydrogen-bond acceptors (Lipinski definition) is 4. The summed E-state index contributed by atoms with van der Waals surface area (Å²) in [5, 5.41) is 3.71. The molecule has 27 heavy (non-hydrogen) atoms. The minimum atomic E-state index is -3.61. The number of hydrogen-bond donors (Lipinski definition) is 1. The second-order valence-electron chi connectivity index (χ2n) is 6.53. The van der Waals surface area contributed by atoms with Gasteiger partial charge in [-0.2, -0.15) is 0 Å². The van der Waals surface area contributed by atoms with E-state index >= 15 is 0 Å². The average molecular weight is 383 g/mol. The number of carbonyl (C=O) groups excluding carboxylic acids is 1. The highest BCUT2D eigenvalue weighted by molar-refractivity contribution is 7.89. The molecular weight excluding hydrogens is 362 g/mol. The average Bonchev–Trinajstić information content (AvgIpc) is 2.65. The molecule has 0 fully saturated rings. The third kappa shape index (κ3) is 3.56. The number of nitrogens with one attached hydrogen (secondary N) is 1. The molecule has 1 heterocycles. The lowest BCUT2D eigenvalue weighted by Gasteiger charge is -2.13. The molecule has 0 bridgehead atoms. The van der Waals surface area contributed by atoms with E-state index < -0.39 is 10.0 Å². The third-order valence-electron chi connectivity index (χ3n) is 4.56. The van der Waals surface area contributed by atoms with E-state index in [1.165, 1.54) is 26.2 Å². The second-order valence-corrected chi connectivity index (χ2v) is 8.68. The lowest BCUT2D eigenvalue weighted by Crippen LogP contribution is -2.22. The Hall–Kier alpha value is -2.77. The molecule has 0 aliphatic carbocycles. The zero-order chi connectivity index (χ0) is 19.8. The summed E-state index contributed by atoms with van der Waals surface area (Å²) in [7, 11) is -0.700. The van der Waals surface area contributed by atoms with Crippen molar-refractivity contribution in [3.05, 3.63) is 65.4 Å². The van der Waals surface area contributed by atoms with Gasteiger partial charge in [0.1, 0.15) is 0 Å². The third-order valence-corrected chi connectivity index (χ3v) is 6.37. The molecule has 0 unspecified atom stereocenters. The molecular formula is C20H21N3O3S. The Morgan fingerprint density at radius 2 is 1.81 bits per heavy atom. The summed E-state index contributed by atoms with van der Waals surface area (Å²) in [4.78, 5) is 17.2. The van der Waals surface area contributed by atoms with Gasteiger partial charge < -0.3 is 5.32 Å². The maximum absolute atomic E-state index is 12.7. The zero-order valence-corrected chi connectivity index (χ0v) is 16.5. The Bertz CT molecular complexity index is 1140. The van der Waals surface area contributed by atoms with Gasteiger partial charge in [0.05, 0.1) is 16.1 Å². The Morgan fingerprint density at radius 1 is 1.07 bits per heavy atom. The van der Waals surface area contributed by atoms with E-state index in [1.54, 1.807) is 24.4 Å². The van der Waals surface area contributed by atoms with Crippen LogP contribution in [0.4, 0.5) is 5.69 Å². The SMILES string of the molecule is Cc1ccc2c(NC(=O)c3cccc(S(=O)(=O)N(C)C)c3)ccnc2c1C. The Morgan fingerprint density at radius 3 is 2.52 bits per heavy atom. The topological polar surface area (TPSA) is 79.4 Å². The van der Waals surface area contributed by atoms with E-state index in [0.29, 0.717) is 5.69 Å². The lowest BCUT2D eigenvalue weighted by atomic mass is 10.0. The first kappa shape index (κ1) is 19.0. The largest absolute Gasteiger partial charge is 0.321 e. The molecule has 0 aliphatic heterocycles. The molecule has 3 rings (SSSR count). The van der Waals surface area contributed by atoms with Gasteiger partial charge in [-0.25, -0.2) is 12.7 Å². The fourth-order valence-electron chi connectivity index (χ4n) is 2.77. The molecule has 1 amide bonds. The van der Waals surface area contributed by atoms with Crippen molar-refractivity contribution >= 4 is 32.5 Å². The number of rotatable bonds is 4. The molecule has 7 heteroatoms. The van der Waals surface area contributed by atoms with Gasteiger partial charge in [-0.1, -0.05) is 18.2 Å². The van der Waals surface area contributed by atoms with Gasteiger partial charge in [0, 0.05) is 31.2 Å². The van der Waals surface area contributed by atoms with Crippen LogP contribution in [0.3, 0.4) is 0 Å². The van der Waals surface area contributed by atoms with Crippen LogP contribution in [0.15, 0.2) is 53.6 Å². The van der Waals surface area contributed by atoms with Gasteiger partial charge in [-0.15, -0.1) is 0 Å². The van der Waals surface area contributed by atoms with Crippen LogP contribution in [0.2, 0.25) is 0 Å². The van der Waals surface area contributed by atoms with Crippen LogP contribution in [0.1, 0.15) is 21.5 Å². The van der Waals surface area contributed by atoms with Gasteiger partial charge in [0.2, 0.25) is 10.0 Å². The van der Waals surface area contributed by atoms with Gasteiger partial charge in [-0.05, 0) is 49.2 Å². The lowest BCUT2D eigenvalue weighted by molar-refractivity contribution is 0.102. The Balaban J connectivity index is 1.98. The smallest absolute Gasteiger partial charge is 0.255 e. The van der Waals surface area contributed by atoms with Crippen molar-refractivity contribution < 1.29 is 13.2 Å². The van der Waals surface area contributed by atoms with Crippen molar-refractivity contribution in [2.24, 2.45) is 0 Å². The van der Waals surface area contributed by atoms with E-state index in [1.807, 2.05) is 26.0 Å². The highest BCUT2D eigenvalue weighted by Gasteiger charge is 2.19. The molecule has 0 aliphatic rings. The van der Waals surface area contributed by atoms with Gasteiger partial charge in [-0.3, -0.25) is 9.78 Å². The molecule has 3 aromatic rings. The Labute approximate surface area is 158 Å². The number of aromatic nitrogens is 1. The highest BCUT2D eigenvalue weighted by atomic mass is 32.2. The number of benzene rings is 2. The minimum Gasteiger partial charge on any atom is -0.321 e. The van der Waals surface area contributed by atoms with Crippen molar-refractivity contribution in [1.82, 2.24) is 9.29 Å². The molecule has 0 radical (unpaired) electrons. The highest BCUT2D eigenvalue weighted by Crippen LogP contribution is 2.26. The molecule has 2 aromatic carbocycles. The predicted molar refractivity (Wildman–Crippen MR) is 106 cm³/mol. The van der Waals surface area contributed by atoms with Crippen LogP contribution in [0, 0.1) is 13.8 Å². The number of carbonyl (C=O) groups is 1.